The number of benzene rings is 1. The zero-order valence-corrected chi connectivity index (χ0v) is 12.4. The molecule has 1 aromatic carbocycles. The molecule has 4 rings (SSSR count). The molecular weight excluding hydrogens is 276 g/mol. The average molecular weight is 290 g/mol. The van der Waals surface area contributed by atoms with Crippen molar-refractivity contribution in [2.45, 2.75) is 37.0 Å². The molecule has 1 N–H and O–H groups in total. The number of aliphatic imine (C=N–C) groups is 1. The first kappa shape index (κ1) is 11.7. The maximum Gasteiger partial charge on any atom is 0.149 e. The number of aromatic nitrogens is 1. The second-order valence-corrected chi connectivity index (χ2v) is 8.37. The van der Waals surface area contributed by atoms with Crippen LogP contribution in [-0.2, 0) is 0 Å². The van der Waals surface area contributed by atoms with Gasteiger partial charge in [0.15, 0.2) is 0 Å². The van der Waals surface area contributed by atoms with E-state index in [0.717, 1.165) is 20.3 Å². The van der Waals surface area contributed by atoms with Crippen LogP contribution in [0.3, 0.4) is 0 Å². The molecule has 1 aliphatic carbocycles. The van der Waals surface area contributed by atoms with Crippen molar-refractivity contribution in [3.63, 3.8) is 0 Å². The van der Waals surface area contributed by atoms with Crippen LogP contribution < -0.4 is 0 Å². The third kappa shape index (κ3) is 1.64. The molecule has 2 aliphatic rings. The number of phenolic OH excluding ortho intramolecular Hbond substituents is 1. The van der Waals surface area contributed by atoms with Crippen LogP contribution in [0, 0.1) is 0 Å². The molecule has 0 saturated heterocycles. The van der Waals surface area contributed by atoms with Crippen LogP contribution in [0.25, 0.3) is 10.2 Å². The fourth-order valence-electron chi connectivity index (χ4n) is 2.62. The van der Waals surface area contributed by atoms with Crippen molar-refractivity contribution in [1.82, 2.24) is 4.98 Å². The summed E-state index contributed by atoms with van der Waals surface area (Å²) < 4.78 is 1.20. The molecule has 2 heterocycles. The number of hydrogen-bond donors (Lipinski definition) is 1. The van der Waals surface area contributed by atoms with E-state index in [0.29, 0.717) is 5.75 Å². The minimum Gasteiger partial charge on any atom is -0.508 e. The van der Waals surface area contributed by atoms with Crippen LogP contribution in [-0.4, -0.2) is 25.4 Å². The Hall–Kier alpha value is -1.07. The van der Waals surface area contributed by atoms with Crippen LogP contribution in [0.15, 0.2) is 23.2 Å². The number of rotatable bonds is 1. The fraction of sp³-hybridized carbons (Fsp3) is 0.429. The molecule has 2 aromatic rings. The Bertz CT molecular complexity index is 713. The van der Waals surface area contributed by atoms with E-state index in [1.54, 1.807) is 23.5 Å². The van der Waals surface area contributed by atoms with Gasteiger partial charge in [-0.1, -0.05) is 11.8 Å². The van der Waals surface area contributed by atoms with Crippen molar-refractivity contribution in [2.24, 2.45) is 4.99 Å². The normalized spacial score (nSPS) is 22.9. The molecule has 0 bridgehead atoms. The second kappa shape index (κ2) is 3.52. The van der Waals surface area contributed by atoms with Crippen molar-refractivity contribution in [3.05, 3.63) is 23.2 Å². The molecule has 19 heavy (non-hydrogen) atoms. The van der Waals surface area contributed by atoms with E-state index in [9.17, 15) is 5.11 Å². The maximum absolute atomic E-state index is 9.52. The Morgan fingerprint density at radius 2 is 2.05 bits per heavy atom. The number of nitrogens with zero attached hydrogens (tertiary/aromatic N) is 2. The van der Waals surface area contributed by atoms with Gasteiger partial charge in [-0.2, -0.15) is 0 Å². The quantitative estimate of drug-likeness (QED) is 0.868. The Balaban J connectivity index is 1.80. The molecule has 0 unspecified atom stereocenters. The van der Waals surface area contributed by atoms with Gasteiger partial charge in [-0.05, 0) is 44.9 Å². The largest absolute Gasteiger partial charge is 0.508 e. The standard InChI is InChI=1S/C14H14N2OS2/c1-13(2)14(5-6-14)16-12(19-13)11-15-9-4-3-8(17)7-10(9)18-11/h3-4,7,17H,5-6H2,1-2H3. The number of thioether (sulfide) groups is 1. The predicted molar refractivity (Wildman–Crippen MR) is 81.5 cm³/mol. The number of thiazole rings is 1. The first-order valence-electron chi connectivity index (χ1n) is 6.38. The van der Waals surface area contributed by atoms with Gasteiger partial charge in [0.1, 0.15) is 15.8 Å². The van der Waals surface area contributed by atoms with E-state index in [4.69, 9.17) is 4.99 Å². The molecule has 0 amide bonds. The first-order chi connectivity index (χ1) is 8.99. The Morgan fingerprint density at radius 3 is 2.74 bits per heavy atom. The van der Waals surface area contributed by atoms with E-state index in [1.807, 2.05) is 17.8 Å². The Morgan fingerprint density at radius 1 is 1.26 bits per heavy atom. The first-order valence-corrected chi connectivity index (χ1v) is 8.01. The third-order valence-electron chi connectivity index (χ3n) is 4.07. The van der Waals surface area contributed by atoms with Gasteiger partial charge in [0.2, 0.25) is 0 Å². The zero-order chi connectivity index (χ0) is 13.3. The van der Waals surface area contributed by atoms with E-state index >= 15 is 0 Å². The highest BCUT2D eigenvalue weighted by Crippen LogP contribution is 2.60. The minimum atomic E-state index is 0.160. The topological polar surface area (TPSA) is 45.5 Å². The van der Waals surface area contributed by atoms with E-state index in [2.05, 4.69) is 18.8 Å². The van der Waals surface area contributed by atoms with Crippen LogP contribution >= 0.6 is 23.1 Å². The van der Waals surface area contributed by atoms with Crippen LogP contribution in [0.2, 0.25) is 0 Å². The zero-order valence-electron chi connectivity index (χ0n) is 10.8. The highest BCUT2D eigenvalue weighted by atomic mass is 32.2. The lowest BCUT2D eigenvalue weighted by Gasteiger charge is -2.23. The van der Waals surface area contributed by atoms with Gasteiger partial charge in [-0.3, -0.25) is 4.99 Å². The maximum atomic E-state index is 9.52. The molecule has 5 heteroatoms. The third-order valence-corrected chi connectivity index (χ3v) is 6.59. The van der Waals surface area contributed by atoms with E-state index < -0.39 is 0 Å². The van der Waals surface area contributed by atoms with Gasteiger partial charge in [0, 0.05) is 4.75 Å². The summed E-state index contributed by atoms with van der Waals surface area (Å²) in [7, 11) is 0. The van der Waals surface area contributed by atoms with Gasteiger partial charge >= 0.3 is 0 Å². The van der Waals surface area contributed by atoms with Crippen molar-refractivity contribution in [1.29, 1.82) is 0 Å². The monoisotopic (exact) mass is 290 g/mol. The number of hydrogen-bond acceptors (Lipinski definition) is 5. The van der Waals surface area contributed by atoms with Crippen LogP contribution in [0.4, 0.5) is 0 Å². The summed E-state index contributed by atoms with van der Waals surface area (Å²) >= 11 is 3.46. The molecule has 1 fully saturated rings. The summed E-state index contributed by atoms with van der Waals surface area (Å²) in [5.74, 6) is 0.294. The van der Waals surface area contributed by atoms with E-state index in [-0.39, 0.29) is 10.3 Å². The lowest BCUT2D eigenvalue weighted by Crippen LogP contribution is -2.29. The number of phenols is 1. The number of fused-ring (bicyclic) bond motifs is 1. The minimum absolute atomic E-state index is 0.160. The number of aromatic hydroxyl groups is 1. The summed E-state index contributed by atoms with van der Waals surface area (Å²) in [6.07, 6.45) is 2.39. The van der Waals surface area contributed by atoms with Gasteiger partial charge in [0.05, 0.1) is 15.8 Å². The Kier molecular flexibility index (Phi) is 2.17. The van der Waals surface area contributed by atoms with Crippen molar-refractivity contribution in [2.75, 3.05) is 0 Å². The molecule has 0 atom stereocenters. The molecular formula is C14H14N2OS2. The van der Waals surface area contributed by atoms with Crippen molar-refractivity contribution < 1.29 is 5.11 Å². The molecule has 0 radical (unpaired) electrons. The molecule has 3 nitrogen and oxygen atoms in total. The van der Waals surface area contributed by atoms with Crippen molar-refractivity contribution in [3.8, 4) is 5.75 Å². The average Bonchev–Trinajstić information content (AvgIpc) is 2.93. The molecule has 1 spiro atoms. The van der Waals surface area contributed by atoms with Gasteiger partial charge in [0.25, 0.3) is 0 Å². The molecule has 1 saturated carbocycles. The van der Waals surface area contributed by atoms with Gasteiger partial charge in [-0.25, -0.2) is 4.98 Å². The lowest BCUT2D eigenvalue weighted by molar-refractivity contribution is 0.476. The highest BCUT2D eigenvalue weighted by molar-refractivity contribution is 8.16. The summed E-state index contributed by atoms with van der Waals surface area (Å²) in [5.41, 5.74) is 1.10. The molecule has 1 aromatic heterocycles. The van der Waals surface area contributed by atoms with Gasteiger partial charge < -0.3 is 5.11 Å². The lowest BCUT2D eigenvalue weighted by atomic mass is 10.0. The summed E-state index contributed by atoms with van der Waals surface area (Å²) in [6.45, 7) is 4.56. The highest BCUT2D eigenvalue weighted by Gasteiger charge is 2.59. The molecule has 98 valence electrons. The fourth-order valence-corrected chi connectivity index (χ4v) is 5.03. The van der Waals surface area contributed by atoms with Crippen LogP contribution in [0.5, 0.6) is 5.75 Å². The van der Waals surface area contributed by atoms with Crippen LogP contribution in [0.1, 0.15) is 31.7 Å². The SMILES string of the molecule is CC1(C)SC(c2nc3ccc(O)cc3s2)=NC12CC2. The summed E-state index contributed by atoms with van der Waals surface area (Å²) in [5, 5.41) is 11.6. The smallest absolute Gasteiger partial charge is 0.149 e. The van der Waals surface area contributed by atoms with Crippen molar-refractivity contribution >= 4 is 38.4 Å². The summed E-state index contributed by atoms with van der Waals surface area (Å²) in [6, 6.07) is 5.32. The van der Waals surface area contributed by atoms with E-state index in [1.165, 1.54) is 12.8 Å². The molecule has 1 aliphatic heterocycles. The predicted octanol–water partition coefficient (Wildman–Crippen LogP) is 3.81. The Labute approximate surface area is 119 Å². The second-order valence-electron chi connectivity index (χ2n) is 5.73. The summed E-state index contributed by atoms with van der Waals surface area (Å²) in [4.78, 5) is 9.59. The van der Waals surface area contributed by atoms with Gasteiger partial charge in [-0.15, -0.1) is 11.3 Å².